The van der Waals surface area contributed by atoms with Crippen molar-refractivity contribution in [3.8, 4) is 5.75 Å². The summed E-state index contributed by atoms with van der Waals surface area (Å²) in [6, 6.07) is 4.42. The molecule has 0 bridgehead atoms. The molecule has 0 aliphatic carbocycles. The Hall–Kier alpha value is -2.08. The number of nitrogens with one attached hydrogen (secondary N) is 2. The van der Waals surface area contributed by atoms with E-state index in [1.54, 1.807) is 7.05 Å². The lowest BCUT2D eigenvalue weighted by Crippen LogP contribution is -2.20. The summed E-state index contributed by atoms with van der Waals surface area (Å²) in [6.45, 7) is 0.526. The highest BCUT2D eigenvalue weighted by Crippen LogP contribution is 2.22. The quantitative estimate of drug-likeness (QED) is 0.701. The molecule has 1 aromatic carbocycles. The van der Waals surface area contributed by atoms with Crippen LogP contribution in [0.1, 0.15) is 16.8 Å². The molecule has 0 aromatic heterocycles. The molecular formula is C12H16N2O4. The molecule has 98 valence electrons. The second kappa shape index (κ2) is 6.61. The number of carbonyl (C=O) groups excluding carboxylic acids is 1. The number of hydrogen-bond donors (Lipinski definition) is 3. The molecule has 0 radical (unpaired) electrons. The van der Waals surface area contributed by atoms with Crippen LogP contribution >= 0.6 is 0 Å². The Balaban J connectivity index is 2.90. The highest BCUT2D eigenvalue weighted by atomic mass is 16.5. The number of ether oxygens (including phenoxy) is 1. The molecule has 0 unspecified atom stereocenters. The van der Waals surface area contributed by atoms with Gasteiger partial charge < -0.3 is 20.5 Å². The summed E-state index contributed by atoms with van der Waals surface area (Å²) < 4.78 is 5.00. The van der Waals surface area contributed by atoms with Gasteiger partial charge in [-0.1, -0.05) is 0 Å². The Kier molecular flexibility index (Phi) is 5.13. The van der Waals surface area contributed by atoms with Crippen molar-refractivity contribution in [2.45, 2.75) is 6.42 Å². The molecular weight excluding hydrogens is 236 g/mol. The summed E-state index contributed by atoms with van der Waals surface area (Å²) in [7, 11) is 3.21. The minimum absolute atomic E-state index is 0.0357. The van der Waals surface area contributed by atoms with E-state index < -0.39 is 5.97 Å². The van der Waals surface area contributed by atoms with E-state index in [9.17, 15) is 9.59 Å². The average Bonchev–Trinajstić information content (AvgIpc) is 2.35. The van der Waals surface area contributed by atoms with E-state index in [1.165, 1.54) is 25.3 Å². The number of methoxy groups -OCH3 is 1. The van der Waals surface area contributed by atoms with Gasteiger partial charge in [0.05, 0.1) is 18.4 Å². The van der Waals surface area contributed by atoms with Gasteiger partial charge in [0.1, 0.15) is 5.75 Å². The van der Waals surface area contributed by atoms with E-state index in [0.717, 1.165) is 0 Å². The van der Waals surface area contributed by atoms with E-state index in [1.807, 2.05) is 0 Å². The van der Waals surface area contributed by atoms with Crippen LogP contribution in [0.4, 0.5) is 5.69 Å². The van der Waals surface area contributed by atoms with Gasteiger partial charge in [0.15, 0.2) is 0 Å². The lowest BCUT2D eigenvalue weighted by Gasteiger charge is -2.10. The standard InChI is InChI=1S/C12H16N2O4/c1-13-6-5-11(15)14-10-7-8(18-2)3-4-9(10)12(16)17/h3-4,7,13H,5-6H2,1-2H3,(H,14,15)(H,16,17). The maximum absolute atomic E-state index is 11.6. The number of benzene rings is 1. The summed E-state index contributed by atoms with van der Waals surface area (Å²) in [5, 5.41) is 14.4. The first-order valence-electron chi connectivity index (χ1n) is 5.44. The molecule has 0 heterocycles. The zero-order chi connectivity index (χ0) is 13.5. The molecule has 0 aliphatic heterocycles. The van der Waals surface area contributed by atoms with Crippen molar-refractivity contribution >= 4 is 17.6 Å². The summed E-state index contributed by atoms with van der Waals surface area (Å²) in [5.74, 6) is -0.856. The largest absolute Gasteiger partial charge is 0.497 e. The topological polar surface area (TPSA) is 87.7 Å². The summed E-state index contributed by atoms with van der Waals surface area (Å²) in [4.78, 5) is 22.6. The number of hydrogen-bond acceptors (Lipinski definition) is 4. The van der Waals surface area contributed by atoms with Crippen LogP contribution < -0.4 is 15.4 Å². The fourth-order valence-electron chi connectivity index (χ4n) is 1.39. The Labute approximate surface area is 105 Å². The molecule has 0 fully saturated rings. The molecule has 6 heteroatoms. The molecule has 1 aromatic rings. The number of aromatic carboxylic acids is 1. The fourth-order valence-corrected chi connectivity index (χ4v) is 1.39. The zero-order valence-corrected chi connectivity index (χ0v) is 10.3. The molecule has 3 N–H and O–H groups in total. The third kappa shape index (κ3) is 3.74. The predicted molar refractivity (Wildman–Crippen MR) is 67.1 cm³/mol. The van der Waals surface area contributed by atoms with Crippen LogP contribution in [0.15, 0.2) is 18.2 Å². The first-order valence-corrected chi connectivity index (χ1v) is 5.44. The first kappa shape index (κ1) is 14.0. The van der Waals surface area contributed by atoms with E-state index in [4.69, 9.17) is 9.84 Å². The first-order chi connectivity index (χ1) is 8.58. The van der Waals surface area contributed by atoms with Gasteiger partial charge >= 0.3 is 5.97 Å². The van der Waals surface area contributed by atoms with Crippen molar-refractivity contribution in [3.63, 3.8) is 0 Å². The van der Waals surface area contributed by atoms with Crippen molar-refractivity contribution in [2.24, 2.45) is 0 Å². The highest BCUT2D eigenvalue weighted by Gasteiger charge is 2.13. The van der Waals surface area contributed by atoms with Gasteiger partial charge in [-0.15, -0.1) is 0 Å². The molecule has 18 heavy (non-hydrogen) atoms. The van der Waals surface area contributed by atoms with Gasteiger partial charge in [-0.05, 0) is 19.2 Å². The number of rotatable bonds is 6. The third-order valence-electron chi connectivity index (χ3n) is 2.33. The minimum atomic E-state index is -1.10. The van der Waals surface area contributed by atoms with Gasteiger partial charge in [0.25, 0.3) is 0 Å². The van der Waals surface area contributed by atoms with Crippen LogP contribution in [0.5, 0.6) is 5.75 Å². The molecule has 0 saturated heterocycles. The number of anilines is 1. The van der Waals surface area contributed by atoms with Crippen LogP contribution in [0, 0.1) is 0 Å². The Morgan fingerprint density at radius 2 is 2.11 bits per heavy atom. The third-order valence-corrected chi connectivity index (χ3v) is 2.33. The maximum atomic E-state index is 11.6. The number of carbonyl (C=O) groups is 2. The van der Waals surface area contributed by atoms with E-state index in [0.29, 0.717) is 12.3 Å². The molecule has 6 nitrogen and oxygen atoms in total. The predicted octanol–water partition coefficient (Wildman–Crippen LogP) is 0.941. The SMILES string of the molecule is CNCCC(=O)Nc1cc(OC)ccc1C(=O)O. The van der Waals surface area contributed by atoms with Gasteiger partial charge in [-0.2, -0.15) is 0 Å². The van der Waals surface area contributed by atoms with Crippen LogP contribution in [-0.4, -0.2) is 37.7 Å². The van der Waals surface area contributed by atoms with Crippen LogP contribution in [0.25, 0.3) is 0 Å². The highest BCUT2D eigenvalue weighted by molar-refractivity contribution is 6.00. The smallest absolute Gasteiger partial charge is 0.337 e. The Morgan fingerprint density at radius 1 is 1.39 bits per heavy atom. The average molecular weight is 252 g/mol. The monoisotopic (exact) mass is 252 g/mol. The second-order valence-electron chi connectivity index (χ2n) is 3.62. The molecule has 0 spiro atoms. The summed E-state index contributed by atoms with van der Waals surface area (Å²) >= 11 is 0. The number of carboxylic acid groups (broad SMARTS) is 1. The summed E-state index contributed by atoms with van der Waals surface area (Å²) in [5.41, 5.74) is 0.275. The lowest BCUT2D eigenvalue weighted by molar-refractivity contribution is -0.116. The van der Waals surface area contributed by atoms with Crippen molar-refractivity contribution < 1.29 is 19.4 Å². The summed E-state index contributed by atoms with van der Waals surface area (Å²) in [6.07, 6.45) is 0.271. The second-order valence-corrected chi connectivity index (χ2v) is 3.62. The Morgan fingerprint density at radius 3 is 2.67 bits per heavy atom. The van der Waals surface area contributed by atoms with E-state index in [-0.39, 0.29) is 23.6 Å². The van der Waals surface area contributed by atoms with Crippen molar-refractivity contribution in [3.05, 3.63) is 23.8 Å². The van der Waals surface area contributed by atoms with Gasteiger partial charge in [-0.3, -0.25) is 4.79 Å². The van der Waals surface area contributed by atoms with Crippen molar-refractivity contribution in [1.82, 2.24) is 5.32 Å². The zero-order valence-electron chi connectivity index (χ0n) is 10.3. The van der Waals surface area contributed by atoms with Crippen molar-refractivity contribution in [1.29, 1.82) is 0 Å². The van der Waals surface area contributed by atoms with Gasteiger partial charge in [0.2, 0.25) is 5.91 Å². The van der Waals surface area contributed by atoms with E-state index >= 15 is 0 Å². The van der Waals surface area contributed by atoms with Gasteiger partial charge in [-0.25, -0.2) is 4.79 Å². The molecule has 0 aliphatic rings. The van der Waals surface area contributed by atoms with E-state index in [2.05, 4.69) is 10.6 Å². The van der Waals surface area contributed by atoms with Gasteiger partial charge in [0, 0.05) is 19.0 Å². The number of amides is 1. The van der Waals surface area contributed by atoms with Crippen LogP contribution in [-0.2, 0) is 4.79 Å². The minimum Gasteiger partial charge on any atom is -0.497 e. The fraction of sp³-hybridized carbons (Fsp3) is 0.333. The van der Waals surface area contributed by atoms with Crippen molar-refractivity contribution in [2.75, 3.05) is 26.0 Å². The Bertz CT molecular complexity index is 446. The van der Waals surface area contributed by atoms with Crippen LogP contribution in [0.2, 0.25) is 0 Å². The van der Waals surface area contributed by atoms with Crippen LogP contribution in [0.3, 0.4) is 0 Å². The molecule has 1 amide bonds. The molecule has 0 atom stereocenters. The molecule has 0 saturated carbocycles. The molecule has 1 rings (SSSR count). The lowest BCUT2D eigenvalue weighted by atomic mass is 10.1. The number of carboxylic acids is 1. The maximum Gasteiger partial charge on any atom is 0.337 e. The normalized spacial score (nSPS) is 9.89.